The zero-order valence-corrected chi connectivity index (χ0v) is 12.5. The van der Waals surface area contributed by atoms with Crippen molar-refractivity contribution in [1.29, 1.82) is 5.26 Å². The number of nitriles is 1. The minimum Gasteiger partial charge on any atom is -0.493 e. The number of methoxy groups -OCH3 is 1. The monoisotopic (exact) mass is 309 g/mol. The summed E-state index contributed by atoms with van der Waals surface area (Å²) in [6.45, 7) is 2.47. The lowest BCUT2D eigenvalue weighted by atomic mass is 10.2. The van der Waals surface area contributed by atoms with Crippen LogP contribution in [0, 0.1) is 11.3 Å². The molecular weight excluding hydrogens is 298 g/mol. The Hall–Kier alpha value is -1.97. The average molecular weight is 310 g/mol. The first-order chi connectivity index (χ1) is 9.69. The Balaban J connectivity index is 2.28. The summed E-state index contributed by atoms with van der Waals surface area (Å²) in [6.07, 6.45) is 0. The molecule has 1 heterocycles. The molecule has 0 atom stereocenters. The van der Waals surface area contributed by atoms with Crippen LogP contribution in [0.3, 0.4) is 0 Å². The lowest BCUT2D eigenvalue weighted by Gasteiger charge is -2.11. The van der Waals surface area contributed by atoms with Gasteiger partial charge < -0.3 is 14.8 Å². The molecule has 104 valence electrons. The predicted molar refractivity (Wildman–Crippen MR) is 79.3 cm³/mol. The molecule has 0 fully saturated rings. The molecule has 0 unspecified atom stereocenters. The first-order valence-corrected chi connectivity index (χ1v) is 6.97. The molecule has 0 saturated heterocycles. The van der Waals surface area contributed by atoms with Crippen LogP contribution in [0.1, 0.15) is 12.5 Å². The Bertz CT molecular complexity index is 652. The van der Waals surface area contributed by atoms with E-state index in [-0.39, 0.29) is 5.15 Å². The van der Waals surface area contributed by atoms with Gasteiger partial charge in [-0.05, 0) is 30.6 Å². The average Bonchev–Trinajstić information content (AvgIpc) is 2.80. The Labute approximate surface area is 125 Å². The number of nitrogens with zero attached hydrogens (tertiary/aromatic N) is 2. The van der Waals surface area contributed by atoms with Crippen molar-refractivity contribution in [1.82, 2.24) is 4.37 Å². The van der Waals surface area contributed by atoms with Crippen LogP contribution in [0.15, 0.2) is 18.2 Å². The molecule has 7 heteroatoms. The van der Waals surface area contributed by atoms with E-state index in [9.17, 15) is 0 Å². The van der Waals surface area contributed by atoms with Crippen molar-refractivity contribution in [2.75, 3.05) is 19.0 Å². The molecule has 0 aliphatic heterocycles. The quantitative estimate of drug-likeness (QED) is 0.909. The van der Waals surface area contributed by atoms with Gasteiger partial charge in [0.2, 0.25) is 0 Å². The van der Waals surface area contributed by atoms with E-state index in [0.717, 1.165) is 17.2 Å². The Morgan fingerprint density at radius 2 is 2.25 bits per heavy atom. The second-order valence-electron chi connectivity index (χ2n) is 3.71. The molecule has 5 nitrogen and oxygen atoms in total. The summed E-state index contributed by atoms with van der Waals surface area (Å²) in [5.41, 5.74) is 1.10. The third-order valence-corrected chi connectivity index (χ3v) is 3.62. The van der Waals surface area contributed by atoms with E-state index in [1.54, 1.807) is 19.2 Å². The second-order valence-corrected chi connectivity index (χ2v) is 4.84. The number of rotatable bonds is 5. The maximum Gasteiger partial charge on any atom is 0.162 e. The highest BCUT2D eigenvalue weighted by Gasteiger charge is 2.13. The number of benzene rings is 1. The first-order valence-electron chi connectivity index (χ1n) is 5.82. The van der Waals surface area contributed by atoms with Gasteiger partial charge in [0.05, 0.1) is 13.7 Å². The molecule has 0 aliphatic carbocycles. The third kappa shape index (κ3) is 2.95. The van der Waals surface area contributed by atoms with Crippen LogP contribution < -0.4 is 14.8 Å². The van der Waals surface area contributed by atoms with Gasteiger partial charge in [-0.25, -0.2) is 0 Å². The van der Waals surface area contributed by atoms with Crippen LogP contribution in [0.25, 0.3) is 0 Å². The van der Waals surface area contributed by atoms with Gasteiger partial charge in [-0.15, -0.1) is 0 Å². The topological polar surface area (TPSA) is 67.2 Å². The highest BCUT2D eigenvalue weighted by atomic mass is 35.5. The van der Waals surface area contributed by atoms with Crippen molar-refractivity contribution in [3.63, 3.8) is 0 Å². The number of hydrogen-bond acceptors (Lipinski definition) is 6. The number of nitrogens with one attached hydrogen (secondary N) is 1. The van der Waals surface area contributed by atoms with E-state index >= 15 is 0 Å². The van der Waals surface area contributed by atoms with Crippen LogP contribution in [0.2, 0.25) is 5.15 Å². The van der Waals surface area contributed by atoms with E-state index in [1.165, 1.54) is 0 Å². The molecule has 0 bridgehead atoms. The van der Waals surface area contributed by atoms with E-state index in [2.05, 4.69) is 9.69 Å². The maximum absolute atomic E-state index is 9.03. The van der Waals surface area contributed by atoms with E-state index in [0.29, 0.717) is 28.7 Å². The van der Waals surface area contributed by atoms with Gasteiger partial charge in [0.25, 0.3) is 0 Å². The second kappa shape index (κ2) is 6.46. The van der Waals surface area contributed by atoms with E-state index in [4.69, 9.17) is 26.3 Å². The Morgan fingerprint density at radius 1 is 1.45 bits per heavy atom. The van der Waals surface area contributed by atoms with Crippen molar-refractivity contribution in [2.24, 2.45) is 0 Å². The zero-order chi connectivity index (χ0) is 14.5. The predicted octanol–water partition coefficient (Wildman–Crippen LogP) is 3.82. The first kappa shape index (κ1) is 14.4. The summed E-state index contributed by atoms with van der Waals surface area (Å²) in [5, 5.41) is 12.9. The molecule has 1 aromatic carbocycles. The third-order valence-electron chi connectivity index (χ3n) is 2.48. The van der Waals surface area contributed by atoms with Crippen LogP contribution in [0.4, 0.5) is 10.7 Å². The number of anilines is 2. The van der Waals surface area contributed by atoms with Crippen molar-refractivity contribution in [2.45, 2.75) is 6.92 Å². The molecular formula is C13H12ClN3O2S. The highest BCUT2D eigenvalue weighted by Crippen LogP contribution is 2.34. The van der Waals surface area contributed by atoms with Crippen LogP contribution in [-0.4, -0.2) is 18.1 Å². The summed E-state index contributed by atoms with van der Waals surface area (Å²) < 4.78 is 14.7. The number of hydrogen-bond donors (Lipinski definition) is 1. The van der Waals surface area contributed by atoms with Gasteiger partial charge >= 0.3 is 0 Å². The largest absolute Gasteiger partial charge is 0.493 e. The molecule has 0 spiro atoms. The van der Waals surface area contributed by atoms with Gasteiger partial charge in [-0.1, -0.05) is 11.6 Å². The molecule has 2 rings (SSSR count). The SMILES string of the molecule is CCOc1ccc(Nc2snc(Cl)c2C#N)cc1OC. The molecule has 0 radical (unpaired) electrons. The standard InChI is InChI=1S/C13H12ClN3O2S/c1-3-19-10-5-4-8(6-11(10)18-2)16-13-9(7-15)12(14)17-20-13/h4-6,16H,3H2,1-2H3. The summed E-state index contributed by atoms with van der Waals surface area (Å²) >= 11 is 6.96. The minimum absolute atomic E-state index is 0.206. The summed E-state index contributed by atoms with van der Waals surface area (Å²) in [6, 6.07) is 7.45. The molecule has 0 saturated carbocycles. The molecule has 0 amide bonds. The summed E-state index contributed by atoms with van der Waals surface area (Å²) in [4.78, 5) is 0. The lowest BCUT2D eigenvalue weighted by Crippen LogP contribution is -1.97. The molecule has 20 heavy (non-hydrogen) atoms. The van der Waals surface area contributed by atoms with Gasteiger partial charge in [-0.2, -0.15) is 9.64 Å². The summed E-state index contributed by atoms with van der Waals surface area (Å²) in [7, 11) is 1.58. The summed E-state index contributed by atoms with van der Waals surface area (Å²) in [5.74, 6) is 1.29. The van der Waals surface area contributed by atoms with Gasteiger partial charge in [0.15, 0.2) is 16.7 Å². The van der Waals surface area contributed by atoms with Crippen molar-refractivity contribution >= 4 is 33.8 Å². The van der Waals surface area contributed by atoms with Crippen molar-refractivity contribution in [3.05, 3.63) is 28.9 Å². The van der Waals surface area contributed by atoms with Crippen LogP contribution >= 0.6 is 23.1 Å². The fourth-order valence-electron chi connectivity index (χ4n) is 1.60. The molecule has 0 aliphatic rings. The lowest BCUT2D eigenvalue weighted by molar-refractivity contribution is 0.311. The van der Waals surface area contributed by atoms with E-state index in [1.807, 2.05) is 19.1 Å². The number of halogens is 1. The molecule has 1 N–H and O–H groups in total. The number of aromatic nitrogens is 1. The van der Waals surface area contributed by atoms with Crippen LogP contribution in [-0.2, 0) is 0 Å². The smallest absolute Gasteiger partial charge is 0.162 e. The van der Waals surface area contributed by atoms with Gasteiger partial charge in [0.1, 0.15) is 16.6 Å². The fourth-order valence-corrected chi connectivity index (χ4v) is 2.56. The van der Waals surface area contributed by atoms with Crippen LogP contribution in [0.5, 0.6) is 11.5 Å². The van der Waals surface area contributed by atoms with Crippen molar-refractivity contribution in [3.8, 4) is 17.6 Å². The van der Waals surface area contributed by atoms with Gasteiger partial charge in [0, 0.05) is 11.8 Å². The Morgan fingerprint density at radius 3 is 2.90 bits per heavy atom. The van der Waals surface area contributed by atoms with E-state index < -0.39 is 0 Å². The highest BCUT2D eigenvalue weighted by molar-refractivity contribution is 7.10. The van der Waals surface area contributed by atoms with Gasteiger partial charge in [-0.3, -0.25) is 0 Å². The fraction of sp³-hybridized carbons (Fsp3) is 0.231. The molecule has 2 aromatic rings. The zero-order valence-electron chi connectivity index (χ0n) is 10.9. The minimum atomic E-state index is 0.206. The van der Waals surface area contributed by atoms with Crippen molar-refractivity contribution < 1.29 is 9.47 Å². The molecule has 1 aromatic heterocycles. The normalized spacial score (nSPS) is 9.90. The Kier molecular flexibility index (Phi) is 4.66. The maximum atomic E-state index is 9.03. The number of ether oxygens (including phenoxy) is 2.